The number of benzene rings is 2. The van der Waals surface area contributed by atoms with Crippen LogP contribution in [0.15, 0.2) is 54.6 Å². The van der Waals surface area contributed by atoms with E-state index in [0.717, 1.165) is 6.54 Å². The molecule has 1 aliphatic heterocycles. The van der Waals surface area contributed by atoms with E-state index in [9.17, 15) is 5.11 Å². The van der Waals surface area contributed by atoms with Crippen molar-refractivity contribution in [3.05, 3.63) is 65.7 Å². The molecule has 2 aromatic rings. The van der Waals surface area contributed by atoms with Crippen molar-refractivity contribution >= 4 is 5.69 Å². The van der Waals surface area contributed by atoms with E-state index >= 15 is 0 Å². The van der Waals surface area contributed by atoms with Crippen molar-refractivity contribution in [3.63, 3.8) is 0 Å². The van der Waals surface area contributed by atoms with E-state index in [2.05, 4.69) is 47.4 Å². The molecule has 3 heteroatoms. The maximum Gasteiger partial charge on any atom is 0.0984 e. The Balaban J connectivity index is 1.89. The zero-order valence-electron chi connectivity index (χ0n) is 11.4. The highest BCUT2D eigenvalue weighted by molar-refractivity contribution is 5.54. The average Bonchev–Trinajstić information content (AvgIpc) is 2.68. The number of fused-ring (bicyclic) bond motifs is 1. The van der Waals surface area contributed by atoms with Gasteiger partial charge in [0.25, 0.3) is 0 Å². The number of nitrogens with zero attached hydrogens (tertiary/aromatic N) is 1. The number of rotatable bonds is 3. The summed E-state index contributed by atoms with van der Waals surface area (Å²) in [7, 11) is 0. The molecule has 0 bridgehead atoms. The van der Waals surface area contributed by atoms with Crippen LogP contribution in [-0.2, 0) is 17.9 Å². The van der Waals surface area contributed by atoms with E-state index in [-0.39, 0.29) is 12.7 Å². The number of ether oxygens (including phenoxy) is 1. The van der Waals surface area contributed by atoms with Gasteiger partial charge in [-0.1, -0.05) is 48.5 Å². The Morgan fingerprint density at radius 1 is 1.05 bits per heavy atom. The largest absolute Gasteiger partial charge is 0.394 e. The van der Waals surface area contributed by atoms with Gasteiger partial charge in [0.2, 0.25) is 0 Å². The van der Waals surface area contributed by atoms with E-state index in [4.69, 9.17) is 4.74 Å². The summed E-state index contributed by atoms with van der Waals surface area (Å²) in [6, 6.07) is 18.7. The third-order valence-electron chi connectivity index (χ3n) is 3.65. The third kappa shape index (κ3) is 2.84. The number of aliphatic hydroxyl groups excluding tert-OH is 1. The standard InChI is InChI=1S/C17H19NO2/c19-12-16-11-18(10-14-6-2-1-3-7-14)17-9-5-4-8-15(17)13-20-16/h1-9,16,19H,10-13H2/t16-/m1/s1. The number of anilines is 1. The van der Waals surface area contributed by atoms with E-state index in [1.807, 2.05) is 12.1 Å². The summed E-state index contributed by atoms with van der Waals surface area (Å²) in [6.07, 6.45) is -0.133. The maximum atomic E-state index is 9.43. The van der Waals surface area contributed by atoms with Gasteiger partial charge in [-0.3, -0.25) is 0 Å². The van der Waals surface area contributed by atoms with E-state index in [1.165, 1.54) is 16.8 Å². The van der Waals surface area contributed by atoms with Gasteiger partial charge in [-0.2, -0.15) is 0 Å². The molecule has 0 radical (unpaired) electrons. The van der Waals surface area contributed by atoms with Crippen LogP contribution >= 0.6 is 0 Å². The van der Waals surface area contributed by atoms with Gasteiger partial charge >= 0.3 is 0 Å². The summed E-state index contributed by atoms with van der Waals surface area (Å²) in [4.78, 5) is 2.29. The average molecular weight is 269 g/mol. The van der Waals surface area contributed by atoms with Gasteiger partial charge in [-0.25, -0.2) is 0 Å². The second-order valence-electron chi connectivity index (χ2n) is 5.11. The first-order valence-electron chi connectivity index (χ1n) is 6.96. The molecule has 0 fully saturated rings. The summed E-state index contributed by atoms with van der Waals surface area (Å²) < 4.78 is 5.75. The zero-order valence-corrected chi connectivity index (χ0v) is 11.4. The fraction of sp³-hybridized carbons (Fsp3) is 0.294. The quantitative estimate of drug-likeness (QED) is 0.929. The Morgan fingerprint density at radius 3 is 2.60 bits per heavy atom. The summed E-state index contributed by atoms with van der Waals surface area (Å²) in [5.74, 6) is 0. The lowest BCUT2D eigenvalue weighted by Crippen LogP contribution is -2.33. The Bertz CT molecular complexity index is 556. The van der Waals surface area contributed by atoms with Crippen molar-refractivity contribution in [1.82, 2.24) is 0 Å². The first kappa shape index (κ1) is 13.2. The lowest BCUT2D eigenvalue weighted by Gasteiger charge is -2.26. The second-order valence-corrected chi connectivity index (χ2v) is 5.11. The van der Waals surface area contributed by atoms with E-state index in [0.29, 0.717) is 13.2 Å². The molecule has 0 aromatic heterocycles. The van der Waals surface area contributed by atoms with Gasteiger partial charge in [0.05, 0.1) is 19.3 Å². The molecule has 104 valence electrons. The molecule has 1 heterocycles. The summed E-state index contributed by atoms with van der Waals surface area (Å²) >= 11 is 0. The fourth-order valence-corrected chi connectivity index (χ4v) is 2.61. The van der Waals surface area contributed by atoms with Crippen molar-refractivity contribution in [3.8, 4) is 0 Å². The molecular weight excluding hydrogens is 250 g/mol. The molecule has 1 N–H and O–H groups in total. The van der Waals surface area contributed by atoms with Crippen molar-refractivity contribution in [1.29, 1.82) is 0 Å². The van der Waals surface area contributed by atoms with Crippen LogP contribution in [0.2, 0.25) is 0 Å². The molecule has 3 rings (SSSR count). The molecule has 0 amide bonds. The molecule has 2 aromatic carbocycles. The molecule has 1 aliphatic rings. The zero-order chi connectivity index (χ0) is 13.8. The molecule has 0 aliphatic carbocycles. The number of para-hydroxylation sites is 1. The molecule has 0 spiro atoms. The van der Waals surface area contributed by atoms with Gasteiger partial charge in [-0.05, 0) is 11.6 Å². The van der Waals surface area contributed by atoms with Gasteiger partial charge in [0.15, 0.2) is 0 Å². The maximum absolute atomic E-state index is 9.43. The van der Waals surface area contributed by atoms with Crippen LogP contribution in [0.25, 0.3) is 0 Å². The van der Waals surface area contributed by atoms with Crippen LogP contribution < -0.4 is 4.90 Å². The highest BCUT2D eigenvalue weighted by Crippen LogP contribution is 2.27. The molecule has 0 saturated carbocycles. The predicted molar refractivity (Wildman–Crippen MR) is 79.6 cm³/mol. The minimum atomic E-state index is -0.133. The highest BCUT2D eigenvalue weighted by Gasteiger charge is 2.21. The van der Waals surface area contributed by atoms with Gasteiger partial charge in [0.1, 0.15) is 0 Å². The lowest BCUT2D eigenvalue weighted by atomic mass is 10.1. The first-order valence-corrected chi connectivity index (χ1v) is 6.96. The fourth-order valence-electron chi connectivity index (χ4n) is 2.61. The van der Waals surface area contributed by atoms with Crippen molar-refractivity contribution in [2.45, 2.75) is 19.3 Å². The van der Waals surface area contributed by atoms with Crippen LogP contribution in [0.5, 0.6) is 0 Å². The smallest absolute Gasteiger partial charge is 0.0984 e. The van der Waals surface area contributed by atoms with Crippen LogP contribution in [0.4, 0.5) is 5.69 Å². The predicted octanol–water partition coefficient (Wildman–Crippen LogP) is 2.58. The van der Waals surface area contributed by atoms with Gasteiger partial charge in [0, 0.05) is 24.3 Å². The number of hydrogen-bond acceptors (Lipinski definition) is 3. The normalized spacial score (nSPS) is 18.4. The lowest BCUT2D eigenvalue weighted by molar-refractivity contribution is 0.0112. The van der Waals surface area contributed by atoms with Crippen molar-refractivity contribution < 1.29 is 9.84 Å². The number of aliphatic hydroxyl groups is 1. The summed E-state index contributed by atoms with van der Waals surface area (Å²) in [5, 5.41) is 9.43. The monoisotopic (exact) mass is 269 g/mol. The summed E-state index contributed by atoms with van der Waals surface area (Å²) in [5.41, 5.74) is 3.65. The first-order chi connectivity index (χ1) is 9.86. The Hall–Kier alpha value is -1.84. The second kappa shape index (κ2) is 6.07. The molecule has 0 saturated heterocycles. The van der Waals surface area contributed by atoms with Crippen LogP contribution in [-0.4, -0.2) is 24.4 Å². The Kier molecular flexibility index (Phi) is 4.00. The number of hydrogen-bond donors (Lipinski definition) is 1. The van der Waals surface area contributed by atoms with E-state index in [1.54, 1.807) is 0 Å². The van der Waals surface area contributed by atoms with Crippen molar-refractivity contribution in [2.24, 2.45) is 0 Å². The minimum absolute atomic E-state index is 0.0548. The Labute approximate surface area is 119 Å². The molecule has 20 heavy (non-hydrogen) atoms. The topological polar surface area (TPSA) is 32.7 Å². The summed E-state index contributed by atoms with van der Waals surface area (Å²) in [6.45, 7) is 2.16. The molecule has 1 atom stereocenters. The van der Waals surface area contributed by atoms with Crippen LogP contribution in [0.3, 0.4) is 0 Å². The molecule has 0 unspecified atom stereocenters. The minimum Gasteiger partial charge on any atom is -0.394 e. The Morgan fingerprint density at radius 2 is 1.80 bits per heavy atom. The highest BCUT2D eigenvalue weighted by atomic mass is 16.5. The van der Waals surface area contributed by atoms with Gasteiger partial charge in [-0.15, -0.1) is 0 Å². The van der Waals surface area contributed by atoms with E-state index < -0.39 is 0 Å². The van der Waals surface area contributed by atoms with Crippen LogP contribution in [0, 0.1) is 0 Å². The van der Waals surface area contributed by atoms with Crippen molar-refractivity contribution in [2.75, 3.05) is 18.1 Å². The van der Waals surface area contributed by atoms with Crippen LogP contribution in [0.1, 0.15) is 11.1 Å². The third-order valence-corrected chi connectivity index (χ3v) is 3.65. The van der Waals surface area contributed by atoms with Gasteiger partial charge < -0.3 is 14.7 Å². The molecule has 3 nitrogen and oxygen atoms in total. The molecular formula is C17H19NO2. The SMILES string of the molecule is OC[C@H]1CN(Cc2ccccc2)c2ccccc2CO1.